The topological polar surface area (TPSA) is 49.0 Å². The van der Waals surface area contributed by atoms with Crippen molar-refractivity contribution in [3.05, 3.63) is 57.4 Å². The molecule has 0 spiro atoms. The van der Waals surface area contributed by atoms with E-state index < -0.39 is 24.2 Å². The van der Waals surface area contributed by atoms with Gasteiger partial charge < -0.3 is 9.88 Å². The highest BCUT2D eigenvalue weighted by Gasteiger charge is 2.37. The van der Waals surface area contributed by atoms with Crippen LogP contribution >= 0.6 is 0 Å². The number of fused-ring (bicyclic) bond motifs is 1. The zero-order valence-electron chi connectivity index (χ0n) is 17.6. The van der Waals surface area contributed by atoms with Crippen molar-refractivity contribution in [3.8, 4) is 11.3 Å². The molecule has 3 heterocycles. The third-order valence-corrected chi connectivity index (χ3v) is 5.75. The zero-order chi connectivity index (χ0) is 23.3. The minimum atomic E-state index is -4.69. The average Bonchev–Trinajstić information content (AvgIpc) is 2.87. The van der Waals surface area contributed by atoms with Gasteiger partial charge in [-0.1, -0.05) is 11.6 Å². The van der Waals surface area contributed by atoms with E-state index in [0.29, 0.717) is 16.6 Å². The lowest BCUT2D eigenvalue weighted by atomic mass is 10.0. The molecule has 0 radical (unpaired) electrons. The number of rotatable bonds is 2. The van der Waals surface area contributed by atoms with Gasteiger partial charge in [-0.2, -0.15) is 13.2 Å². The van der Waals surface area contributed by atoms with Gasteiger partial charge in [-0.25, -0.2) is 13.8 Å². The summed E-state index contributed by atoms with van der Waals surface area (Å²) in [6, 6.07) is 7.91. The Labute approximate surface area is 181 Å². The number of aromatic nitrogens is 2. The van der Waals surface area contributed by atoms with E-state index in [1.54, 1.807) is 12.1 Å². The molecule has 4 nitrogen and oxygen atoms in total. The Morgan fingerprint density at radius 1 is 1.06 bits per heavy atom. The van der Waals surface area contributed by atoms with Crippen molar-refractivity contribution >= 4 is 16.7 Å². The monoisotopic (exact) mass is 451 g/mol. The fourth-order valence-corrected chi connectivity index (χ4v) is 4.11. The summed E-state index contributed by atoms with van der Waals surface area (Å²) in [6.45, 7) is 3.16. The summed E-state index contributed by atoms with van der Waals surface area (Å²) in [5.74, 6) is -2.93. The fraction of sp³-hybridized carbons (Fsp3) is 0.391. The molecule has 0 saturated carbocycles. The predicted molar refractivity (Wildman–Crippen MR) is 113 cm³/mol. The summed E-state index contributed by atoms with van der Waals surface area (Å²) in [4.78, 5) is 21.2. The molecule has 170 valence electrons. The van der Waals surface area contributed by atoms with Gasteiger partial charge in [0.05, 0.1) is 5.69 Å². The molecule has 0 aliphatic carbocycles. The van der Waals surface area contributed by atoms with E-state index >= 15 is 0 Å². The van der Waals surface area contributed by atoms with Crippen LogP contribution in [0.4, 0.5) is 27.8 Å². The number of H-pyrrole nitrogens is 1. The zero-order valence-corrected chi connectivity index (χ0v) is 17.6. The van der Waals surface area contributed by atoms with Gasteiger partial charge in [-0.15, -0.1) is 0 Å². The van der Waals surface area contributed by atoms with Crippen LogP contribution in [0.2, 0.25) is 0 Å². The molecule has 0 atom stereocenters. The number of anilines is 1. The van der Waals surface area contributed by atoms with Crippen molar-refractivity contribution in [2.45, 2.75) is 45.2 Å². The number of benzene rings is 1. The van der Waals surface area contributed by atoms with E-state index in [2.05, 4.69) is 9.97 Å². The van der Waals surface area contributed by atoms with Crippen LogP contribution in [0.3, 0.4) is 0 Å². The normalized spacial score (nSPS) is 16.9. The maximum absolute atomic E-state index is 13.9. The van der Waals surface area contributed by atoms with Crippen molar-refractivity contribution in [3.63, 3.8) is 0 Å². The molecule has 1 saturated heterocycles. The van der Waals surface area contributed by atoms with Gasteiger partial charge in [0.2, 0.25) is 5.92 Å². The molecular weight excluding hydrogens is 429 g/mol. The summed E-state index contributed by atoms with van der Waals surface area (Å²) < 4.78 is 68.5. The molecule has 0 bridgehead atoms. The number of pyridine rings is 2. The van der Waals surface area contributed by atoms with Crippen LogP contribution in [0.25, 0.3) is 22.2 Å². The lowest BCUT2D eigenvalue weighted by molar-refractivity contribution is -0.141. The minimum absolute atomic E-state index is 0.0530. The smallest absolute Gasteiger partial charge is 0.356 e. The van der Waals surface area contributed by atoms with Crippen molar-refractivity contribution in [1.29, 1.82) is 0 Å². The quantitative estimate of drug-likeness (QED) is 0.497. The van der Waals surface area contributed by atoms with Crippen LogP contribution in [-0.2, 0) is 6.18 Å². The van der Waals surface area contributed by atoms with E-state index in [-0.39, 0.29) is 48.3 Å². The highest BCUT2D eigenvalue weighted by atomic mass is 19.4. The highest BCUT2D eigenvalue weighted by Crippen LogP contribution is 2.38. The van der Waals surface area contributed by atoms with E-state index in [1.807, 2.05) is 13.0 Å². The number of alkyl halides is 5. The van der Waals surface area contributed by atoms with Crippen molar-refractivity contribution in [2.24, 2.45) is 0 Å². The number of halogens is 5. The number of aryl methyl sites for hydroxylation is 2. The van der Waals surface area contributed by atoms with Gasteiger partial charge in [0, 0.05) is 48.5 Å². The Morgan fingerprint density at radius 3 is 2.53 bits per heavy atom. The summed E-state index contributed by atoms with van der Waals surface area (Å²) in [7, 11) is 0. The number of hydrogen-bond donors (Lipinski definition) is 1. The Morgan fingerprint density at radius 2 is 1.81 bits per heavy atom. The second-order valence-corrected chi connectivity index (χ2v) is 8.32. The molecule has 0 amide bonds. The van der Waals surface area contributed by atoms with Gasteiger partial charge >= 0.3 is 6.18 Å². The Balaban J connectivity index is 1.91. The van der Waals surface area contributed by atoms with E-state index in [0.717, 1.165) is 5.56 Å². The lowest BCUT2D eigenvalue weighted by Crippen LogP contribution is -2.28. The Bertz CT molecular complexity index is 1230. The highest BCUT2D eigenvalue weighted by molar-refractivity contribution is 5.84. The summed E-state index contributed by atoms with van der Waals surface area (Å²) >= 11 is 0. The van der Waals surface area contributed by atoms with Crippen LogP contribution in [0.15, 0.2) is 35.1 Å². The first-order chi connectivity index (χ1) is 14.9. The maximum atomic E-state index is 13.9. The standard InChI is InChI=1S/C23H22F5N3O/c1-13-4-5-17-15(10-13)19(32)12-18(29-17)16-11-14(2)20(23(26,27)28)30-21(16)31-8-3-6-22(24,25)7-9-31/h4-5,10-12H,3,6-9H2,1-2H3,(H,29,32). The third kappa shape index (κ3) is 4.33. The van der Waals surface area contributed by atoms with Crippen molar-refractivity contribution in [1.82, 2.24) is 9.97 Å². The number of nitrogens with zero attached hydrogens (tertiary/aromatic N) is 2. The fourth-order valence-electron chi connectivity index (χ4n) is 4.11. The molecule has 9 heteroatoms. The van der Waals surface area contributed by atoms with Crippen LogP contribution in [0.5, 0.6) is 0 Å². The van der Waals surface area contributed by atoms with Gasteiger partial charge in [0.25, 0.3) is 0 Å². The van der Waals surface area contributed by atoms with Gasteiger partial charge in [-0.3, -0.25) is 4.79 Å². The molecule has 0 unspecified atom stereocenters. The van der Waals surface area contributed by atoms with Crippen molar-refractivity contribution in [2.75, 3.05) is 18.0 Å². The molecule has 1 aliphatic heterocycles. The van der Waals surface area contributed by atoms with Gasteiger partial charge in [0.15, 0.2) is 5.43 Å². The Hall–Kier alpha value is -2.97. The molecule has 3 aromatic rings. The van der Waals surface area contributed by atoms with Crippen LogP contribution in [0, 0.1) is 13.8 Å². The number of aromatic amines is 1. The van der Waals surface area contributed by atoms with Crippen molar-refractivity contribution < 1.29 is 22.0 Å². The van der Waals surface area contributed by atoms with Gasteiger partial charge in [-0.05, 0) is 44.0 Å². The number of nitrogens with one attached hydrogen (secondary N) is 1. The molecule has 4 rings (SSSR count). The molecule has 2 aromatic heterocycles. The first kappa shape index (κ1) is 22.2. The van der Waals surface area contributed by atoms with E-state index in [9.17, 15) is 26.7 Å². The second-order valence-electron chi connectivity index (χ2n) is 8.32. The summed E-state index contributed by atoms with van der Waals surface area (Å²) in [6.07, 6.45) is -5.38. The van der Waals surface area contributed by atoms with Gasteiger partial charge in [0.1, 0.15) is 11.5 Å². The summed E-state index contributed by atoms with van der Waals surface area (Å²) in [5, 5.41) is 0.460. The van der Waals surface area contributed by atoms with E-state index in [1.165, 1.54) is 24.0 Å². The largest absolute Gasteiger partial charge is 0.433 e. The molecule has 32 heavy (non-hydrogen) atoms. The SMILES string of the molecule is Cc1ccc2[nH]c(-c3cc(C)c(C(F)(F)F)nc3N3CCCC(F)(F)CC3)cc(=O)c2c1. The first-order valence-electron chi connectivity index (χ1n) is 10.3. The van der Waals surface area contributed by atoms with Crippen LogP contribution < -0.4 is 10.3 Å². The van der Waals surface area contributed by atoms with Crippen LogP contribution in [-0.4, -0.2) is 29.0 Å². The lowest BCUT2D eigenvalue weighted by Gasteiger charge is -2.26. The van der Waals surface area contributed by atoms with E-state index in [4.69, 9.17) is 0 Å². The second kappa shape index (κ2) is 7.86. The Kier molecular flexibility index (Phi) is 5.46. The third-order valence-electron chi connectivity index (χ3n) is 5.75. The number of hydrogen-bond acceptors (Lipinski definition) is 3. The molecule has 1 N–H and O–H groups in total. The maximum Gasteiger partial charge on any atom is 0.433 e. The average molecular weight is 451 g/mol. The molecule has 1 aromatic carbocycles. The summed E-state index contributed by atoms with van der Waals surface area (Å²) in [5.41, 5.74) is 0.538. The molecule has 1 aliphatic rings. The predicted octanol–water partition coefficient (Wildman–Crippen LogP) is 5.85. The first-order valence-corrected chi connectivity index (χ1v) is 10.3. The molecule has 1 fully saturated rings. The van der Waals surface area contributed by atoms with Crippen LogP contribution in [0.1, 0.15) is 36.1 Å². The minimum Gasteiger partial charge on any atom is -0.356 e. The molecular formula is C23H22F5N3O.